The van der Waals surface area contributed by atoms with Crippen molar-refractivity contribution >= 4 is 6.03 Å². The zero-order valence-electron chi connectivity index (χ0n) is 12.3. The van der Waals surface area contributed by atoms with Gasteiger partial charge in [0.05, 0.1) is 6.04 Å². The number of hydrogen-bond acceptors (Lipinski definition) is 3. The minimum absolute atomic E-state index is 0.174. The van der Waals surface area contributed by atoms with Crippen LogP contribution in [0.25, 0.3) is 0 Å². The Hall–Kier alpha value is -2.44. The molecule has 22 heavy (non-hydrogen) atoms. The molecule has 3 N–H and O–H groups in total. The zero-order chi connectivity index (χ0) is 15.7. The summed E-state index contributed by atoms with van der Waals surface area (Å²) in [5.74, 6) is 0.705. The van der Waals surface area contributed by atoms with E-state index >= 15 is 0 Å². The van der Waals surface area contributed by atoms with Crippen molar-refractivity contribution in [2.75, 3.05) is 6.54 Å². The molecule has 2 aromatic rings. The predicted octanol–water partition coefficient (Wildman–Crippen LogP) is 2.25. The van der Waals surface area contributed by atoms with Crippen LogP contribution in [0.15, 0.2) is 24.5 Å². The maximum atomic E-state index is 13.3. The Labute approximate surface area is 127 Å². The number of primary amides is 1. The van der Waals surface area contributed by atoms with Crippen molar-refractivity contribution in [3.05, 3.63) is 47.3 Å². The van der Waals surface area contributed by atoms with E-state index in [-0.39, 0.29) is 17.8 Å². The van der Waals surface area contributed by atoms with Crippen molar-refractivity contribution in [3.63, 3.8) is 0 Å². The van der Waals surface area contributed by atoms with Gasteiger partial charge in [0.1, 0.15) is 18.0 Å². The second-order valence-electron chi connectivity index (χ2n) is 5.64. The average Bonchev–Trinajstić information content (AvgIpc) is 3.00. The fraction of sp³-hybridized carbons (Fsp3) is 0.400. The lowest BCUT2D eigenvalue weighted by atomic mass is 9.85. The van der Waals surface area contributed by atoms with E-state index in [1.807, 2.05) is 6.92 Å². The summed E-state index contributed by atoms with van der Waals surface area (Å²) in [5, 5.41) is 6.78. The van der Waals surface area contributed by atoms with Gasteiger partial charge in [-0.3, -0.25) is 5.10 Å². The van der Waals surface area contributed by atoms with Crippen LogP contribution < -0.4 is 5.73 Å². The van der Waals surface area contributed by atoms with Crippen LogP contribution in [-0.4, -0.2) is 32.7 Å². The van der Waals surface area contributed by atoms with Crippen LogP contribution in [0.4, 0.5) is 9.18 Å². The number of piperidine rings is 1. The van der Waals surface area contributed by atoms with Crippen LogP contribution >= 0.6 is 0 Å². The van der Waals surface area contributed by atoms with Gasteiger partial charge >= 0.3 is 6.03 Å². The number of carbonyl (C=O) groups is 1. The van der Waals surface area contributed by atoms with Gasteiger partial charge < -0.3 is 10.6 Å². The third-order valence-corrected chi connectivity index (χ3v) is 4.30. The summed E-state index contributed by atoms with van der Waals surface area (Å²) in [7, 11) is 0. The summed E-state index contributed by atoms with van der Waals surface area (Å²) in [6.07, 6.45) is 2.94. The quantitative estimate of drug-likeness (QED) is 0.892. The summed E-state index contributed by atoms with van der Waals surface area (Å²) in [6.45, 7) is 2.39. The second kappa shape index (κ2) is 5.75. The molecule has 2 heterocycles. The lowest BCUT2D eigenvalue weighted by molar-refractivity contribution is 0.149. The largest absolute Gasteiger partial charge is 0.351 e. The molecule has 2 amide bonds. The monoisotopic (exact) mass is 303 g/mol. The van der Waals surface area contributed by atoms with Crippen molar-refractivity contribution in [2.45, 2.75) is 31.7 Å². The van der Waals surface area contributed by atoms with Crippen LogP contribution in [0.2, 0.25) is 0 Å². The van der Waals surface area contributed by atoms with Crippen LogP contribution in [0, 0.1) is 12.7 Å². The Morgan fingerprint density at radius 1 is 1.50 bits per heavy atom. The predicted molar refractivity (Wildman–Crippen MR) is 78.5 cm³/mol. The minimum Gasteiger partial charge on any atom is -0.351 e. The molecule has 1 saturated heterocycles. The third kappa shape index (κ3) is 2.66. The molecular formula is C15H18FN5O. The van der Waals surface area contributed by atoms with Gasteiger partial charge in [-0.25, -0.2) is 14.2 Å². The van der Waals surface area contributed by atoms with Crippen LogP contribution in [0.5, 0.6) is 0 Å². The van der Waals surface area contributed by atoms with Gasteiger partial charge in [-0.15, -0.1) is 0 Å². The molecule has 1 aromatic carbocycles. The SMILES string of the molecule is Cc1cc(F)ccc1C1CC(c2ncn[nH]2)CCN1C(N)=O. The molecule has 1 aromatic heterocycles. The van der Waals surface area contributed by atoms with Crippen molar-refractivity contribution in [3.8, 4) is 0 Å². The number of nitrogens with one attached hydrogen (secondary N) is 1. The number of amides is 2. The minimum atomic E-state index is -0.454. The Morgan fingerprint density at radius 3 is 2.95 bits per heavy atom. The number of H-pyrrole nitrogens is 1. The summed E-state index contributed by atoms with van der Waals surface area (Å²) in [5.41, 5.74) is 7.25. The maximum Gasteiger partial charge on any atom is 0.315 e. The number of halogens is 1. The fourth-order valence-electron chi connectivity index (χ4n) is 3.20. The number of carbonyl (C=O) groups excluding carboxylic acids is 1. The van der Waals surface area contributed by atoms with E-state index < -0.39 is 6.03 Å². The first-order chi connectivity index (χ1) is 10.6. The molecule has 2 atom stereocenters. The van der Waals surface area contributed by atoms with E-state index in [0.717, 1.165) is 23.4 Å². The van der Waals surface area contributed by atoms with Gasteiger partial charge in [-0.2, -0.15) is 5.10 Å². The van der Waals surface area contributed by atoms with Crippen molar-refractivity contribution in [1.82, 2.24) is 20.1 Å². The molecule has 3 rings (SSSR count). The molecular weight excluding hydrogens is 285 g/mol. The van der Waals surface area contributed by atoms with E-state index in [0.29, 0.717) is 13.0 Å². The van der Waals surface area contributed by atoms with Crippen LogP contribution in [0.1, 0.15) is 41.8 Å². The maximum absolute atomic E-state index is 13.3. The first kappa shape index (κ1) is 14.5. The number of aromatic nitrogens is 3. The van der Waals surface area contributed by atoms with Gasteiger partial charge in [-0.1, -0.05) is 6.07 Å². The average molecular weight is 303 g/mol. The van der Waals surface area contributed by atoms with Crippen molar-refractivity contribution in [1.29, 1.82) is 0 Å². The van der Waals surface area contributed by atoms with E-state index in [2.05, 4.69) is 15.2 Å². The summed E-state index contributed by atoms with van der Waals surface area (Å²) >= 11 is 0. The number of nitrogens with two attached hydrogens (primary N) is 1. The molecule has 0 saturated carbocycles. The number of nitrogens with zero attached hydrogens (tertiary/aromatic N) is 3. The summed E-state index contributed by atoms with van der Waals surface area (Å²) < 4.78 is 13.3. The number of aromatic amines is 1. The molecule has 1 fully saturated rings. The topological polar surface area (TPSA) is 87.9 Å². The molecule has 0 aliphatic carbocycles. The molecule has 1 aliphatic heterocycles. The Balaban J connectivity index is 1.93. The summed E-state index contributed by atoms with van der Waals surface area (Å²) in [6, 6.07) is 3.99. The Bertz CT molecular complexity index is 673. The van der Waals surface area contributed by atoms with E-state index in [1.54, 1.807) is 11.0 Å². The molecule has 116 valence electrons. The first-order valence-corrected chi connectivity index (χ1v) is 7.23. The number of aryl methyl sites for hydroxylation is 1. The highest BCUT2D eigenvalue weighted by molar-refractivity contribution is 5.73. The normalized spacial score (nSPS) is 21.8. The molecule has 1 aliphatic rings. The van der Waals surface area contributed by atoms with Crippen LogP contribution in [-0.2, 0) is 0 Å². The fourth-order valence-corrected chi connectivity index (χ4v) is 3.20. The highest BCUT2D eigenvalue weighted by Crippen LogP contribution is 2.39. The van der Waals surface area contributed by atoms with Gasteiger partial charge in [0.25, 0.3) is 0 Å². The van der Waals surface area contributed by atoms with Gasteiger partial charge in [0.2, 0.25) is 0 Å². The summed E-state index contributed by atoms with van der Waals surface area (Å²) in [4.78, 5) is 17.6. The number of urea groups is 1. The highest BCUT2D eigenvalue weighted by Gasteiger charge is 2.34. The first-order valence-electron chi connectivity index (χ1n) is 7.23. The molecule has 0 radical (unpaired) electrons. The Kier molecular flexibility index (Phi) is 3.79. The smallest absolute Gasteiger partial charge is 0.315 e. The lowest BCUT2D eigenvalue weighted by Gasteiger charge is -2.38. The molecule has 7 heteroatoms. The standard InChI is InChI=1S/C15H18FN5O/c1-9-6-11(16)2-3-12(9)13-7-10(14-18-8-19-20-14)4-5-21(13)15(17)22/h2-3,6,8,10,13H,4-5,7H2,1H3,(H2,17,22)(H,18,19,20). The van der Waals surface area contributed by atoms with Gasteiger partial charge in [0, 0.05) is 12.5 Å². The second-order valence-corrected chi connectivity index (χ2v) is 5.64. The van der Waals surface area contributed by atoms with Gasteiger partial charge in [-0.05, 0) is 43.0 Å². The number of likely N-dealkylation sites (tertiary alicyclic amines) is 1. The third-order valence-electron chi connectivity index (χ3n) is 4.30. The van der Waals surface area contributed by atoms with E-state index in [1.165, 1.54) is 18.5 Å². The van der Waals surface area contributed by atoms with Crippen molar-refractivity contribution in [2.24, 2.45) is 5.73 Å². The number of rotatable bonds is 2. The van der Waals surface area contributed by atoms with E-state index in [4.69, 9.17) is 5.73 Å². The number of hydrogen-bond donors (Lipinski definition) is 2. The zero-order valence-corrected chi connectivity index (χ0v) is 12.3. The highest BCUT2D eigenvalue weighted by atomic mass is 19.1. The van der Waals surface area contributed by atoms with E-state index in [9.17, 15) is 9.18 Å². The molecule has 2 unspecified atom stereocenters. The molecule has 0 spiro atoms. The molecule has 6 nitrogen and oxygen atoms in total. The lowest BCUT2D eigenvalue weighted by Crippen LogP contribution is -2.43. The number of benzene rings is 1. The molecule has 0 bridgehead atoms. The Morgan fingerprint density at radius 2 is 2.32 bits per heavy atom. The van der Waals surface area contributed by atoms with Crippen LogP contribution in [0.3, 0.4) is 0 Å². The van der Waals surface area contributed by atoms with Gasteiger partial charge in [0.15, 0.2) is 0 Å². The van der Waals surface area contributed by atoms with Crippen molar-refractivity contribution < 1.29 is 9.18 Å².